The first-order valence-electron chi connectivity index (χ1n) is 8.76. The van der Waals surface area contributed by atoms with Crippen molar-refractivity contribution in [2.24, 2.45) is 10.9 Å². The Labute approximate surface area is 171 Å². The zero-order chi connectivity index (χ0) is 19.9. The maximum absolute atomic E-state index is 11.1. The number of ether oxygens (including phenoxy) is 1. The summed E-state index contributed by atoms with van der Waals surface area (Å²) >= 11 is 12.0. The van der Waals surface area contributed by atoms with Crippen LogP contribution in [0.25, 0.3) is 0 Å². The number of rotatable bonds is 7. The van der Waals surface area contributed by atoms with Crippen molar-refractivity contribution in [1.29, 1.82) is 0 Å². The zero-order valence-electron chi connectivity index (χ0n) is 15.5. The lowest BCUT2D eigenvalue weighted by Crippen LogP contribution is -2.47. The van der Waals surface area contributed by atoms with Crippen LogP contribution in [0, 0.1) is 5.92 Å². The Bertz CT molecular complexity index is 730. The van der Waals surface area contributed by atoms with Crippen molar-refractivity contribution in [2.45, 2.75) is 12.8 Å². The Balaban J connectivity index is 1.73. The lowest BCUT2D eigenvalue weighted by molar-refractivity contribution is 0.179. The van der Waals surface area contributed by atoms with Crippen LogP contribution in [0.4, 0.5) is 0 Å². The average Bonchev–Trinajstić information content (AvgIpc) is 2.59. The molecule has 1 fully saturated rings. The molecular weight excluding hydrogens is 411 g/mol. The van der Waals surface area contributed by atoms with Gasteiger partial charge in [-0.05, 0) is 37.0 Å². The molecule has 152 valence electrons. The molecule has 1 aliphatic rings. The van der Waals surface area contributed by atoms with Gasteiger partial charge in [-0.3, -0.25) is 4.99 Å². The topological polar surface area (TPSA) is 83.0 Å². The van der Waals surface area contributed by atoms with Gasteiger partial charge in [0, 0.05) is 43.3 Å². The van der Waals surface area contributed by atoms with E-state index in [1.807, 2.05) is 0 Å². The lowest BCUT2D eigenvalue weighted by Gasteiger charge is -2.34. The number of benzene rings is 1. The SMILES string of the molecule is CN=C(NCCNS(C)(=O)=O)N1CCC(COc2cc(Cl)cc(Cl)c2)CC1. The second kappa shape index (κ2) is 10.4. The molecule has 0 bridgehead atoms. The highest BCUT2D eigenvalue weighted by Crippen LogP contribution is 2.25. The van der Waals surface area contributed by atoms with E-state index in [1.165, 1.54) is 0 Å². The fourth-order valence-electron chi connectivity index (χ4n) is 2.88. The van der Waals surface area contributed by atoms with Crippen LogP contribution >= 0.6 is 23.2 Å². The molecule has 7 nitrogen and oxygen atoms in total. The van der Waals surface area contributed by atoms with Crippen molar-refractivity contribution >= 4 is 39.2 Å². The molecule has 0 unspecified atom stereocenters. The minimum Gasteiger partial charge on any atom is -0.493 e. The lowest BCUT2D eigenvalue weighted by atomic mass is 9.98. The molecule has 0 saturated carbocycles. The summed E-state index contributed by atoms with van der Waals surface area (Å²) in [5.41, 5.74) is 0. The molecule has 10 heteroatoms. The van der Waals surface area contributed by atoms with Crippen LogP contribution in [-0.4, -0.2) is 65.4 Å². The van der Waals surface area contributed by atoms with Crippen LogP contribution < -0.4 is 14.8 Å². The molecular formula is C17H26Cl2N4O3S. The second-order valence-corrected chi connectivity index (χ2v) is 9.19. The van der Waals surface area contributed by atoms with Gasteiger partial charge in [0.2, 0.25) is 10.0 Å². The van der Waals surface area contributed by atoms with Gasteiger partial charge in [0.25, 0.3) is 0 Å². The summed E-state index contributed by atoms with van der Waals surface area (Å²) in [6.45, 7) is 3.16. The normalized spacial score (nSPS) is 16.4. The summed E-state index contributed by atoms with van der Waals surface area (Å²) in [5.74, 6) is 1.92. The summed E-state index contributed by atoms with van der Waals surface area (Å²) in [6, 6.07) is 5.20. The van der Waals surface area contributed by atoms with Gasteiger partial charge in [0.15, 0.2) is 5.96 Å². The van der Waals surface area contributed by atoms with Gasteiger partial charge < -0.3 is 15.0 Å². The third-order valence-electron chi connectivity index (χ3n) is 4.22. The van der Waals surface area contributed by atoms with Gasteiger partial charge in [-0.25, -0.2) is 13.1 Å². The number of nitrogens with zero attached hydrogens (tertiary/aromatic N) is 2. The third kappa shape index (κ3) is 8.13. The quantitative estimate of drug-likeness (QED) is 0.388. The van der Waals surface area contributed by atoms with E-state index in [2.05, 4.69) is 19.9 Å². The minimum atomic E-state index is -3.17. The van der Waals surface area contributed by atoms with Crippen LogP contribution in [0.15, 0.2) is 23.2 Å². The first kappa shape index (κ1) is 22.1. The van der Waals surface area contributed by atoms with E-state index >= 15 is 0 Å². The second-order valence-electron chi connectivity index (χ2n) is 6.49. The number of hydrogen-bond donors (Lipinski definition) is 2. The molecule has 0 spiro atoms. The fourth-order valence-corrected chi connectivity index (χ4v) is 3.86. The minimum absolute atomic E-state index is 0.324. The Morgan fingerprint density at radius 2 is 1.85 bits per heavy atom. The molecule has 0 amide bonds. The van der Waals surface area contributed by atoms with E-state index in [-0.39, 0.29) is 0 Å². The molecule has 1 aromatic rings. The van der Waals surface area contributed by atoms with Crippen molar-refractivity contribution in [3.63, 3.8) is 0 Å². The highest BCUT2D eigenvalue weighted by atomic mass is 35.5. The maximum Gasteiger partial charge on any atom is 0.208 e. The monoisotopic (exact) mass is 436 g/mol. The molecule has 2 rings (SSSR count). The van der Waals surface area contributed by atoms with Crippen molar-refractivity contribution in [3.8, 4) is 5.75 Å². The summed E-state index contributed by atoms with van der Waals surface area (Å²) in [4.78, 5) is 6.45. The number of hydrogen-bond acceptors (Lipinski definition) is 4. The van der Waals surface area contributed by atoms with Gasteiger partial charge in [-0.1, -0.05) is 23.2 Å². The first-order chi connectivity index (χ1) is 12.8. The largest absolute Gasteiger partial charge is 0.493 e. The summed E-state index contributed by atoms with van der Waals surface area (Å²) in [6.07, 6.45) is 3.11. The number of aliphatic imine (C=N–C) groups is 1. The third-order valence-corrected chi connectivity index (χ3v) is 5.38. The predicted molar refractivity (Wildman–Crippen MR) is 110 cm³/mol. The summed E-state index contributed by atoms with van der Waals surface area (Å²) < 4.78 is 30.5. The summed E-state index contributed by atoms with van der Waals surface area (Å²) in [5, 5.41) is 4.31. The van der Waals surface area contributed by atoms with Crippen LogP contribution in [-0.2, 0) is 10.0 Å². The maximum atomic E-state index is 11.1. The van der Waals surface area contributed by atoms with Crippen LogP contribution in [0.5, 0.6) is 5.75 Å². The Morgan fingerprint density at radius 1 is 1.22 bits per heavy atom. The highest BCUT2D eigenvalue weighted by Gasteiger charge is 2.22. The van der Waals surface area contributed by atoms with Gasteiger partial charge in [0.05, 0.1) is 12.9 Å². The molecule has 0 radical (unpaired) electrons. The van der Waals surface area contributed by atoms with E-state index in [1.54, 1.807) is 25.2 Å². The molecule has 2 N–H and O–H groups in total. The first-order valence-corrected chi connectivity index (χ1v) is 11.4. The number of nitrogens with one attached hydrogen (secondary N) is 2. The van der Waals surface area contributed by atoms with Gasteiger partial charge in [-0.15, -0.1) is 0 Å². The van der Waals surface area contributed by atoms with Crippen LogP contribution in [0.1, 0.15) is 12.8 Å². The van der Waals surface area contributed by atoms with Gasteiger partial charge in [-0.2, -0.15) is 0 Å². The van der Waals surface area contributed by atoms with Crippen molar-refractivity contribution in [2.75, 3.05) is 46.1 Å². The van der Waals surface area contributed by atoms with E-state index in [0.29, 0.717) is 41.4 Å². The molecule has 0 atom stereocenters. The van der Waals surface area contributed by atoms with Crippen molar-refractivity contribution in [1.82, 2.24) is 14.9 Å². The van der Waals surface area contributed by atoms with E-state index in [0.717, 1.165) is 38.1 Å². The van der Waals surface area contributed by atoms with E-state index < -0.39 is 10.0 Å². The van der Waals surface area contributed by atoms with Gasteiger partial charge >= 0.3 is 0 Å². The molecule has 1 aromatic carbocycles. The molecule has 27 heavy (non-hydrogen) atoms. The highest BCUT2D eigenvalue weighted by molar-refractivity contribution is 7.88. The van der Waals surface area contributed by atoms with E-state index in [9.17, 15) is 8.42 Å². The number of piperidine rings is 1. The van der Waals surface area contributed by atoms with Crippen LogP contribution in [0.3, 0.4) is 0 Å². The average molecular weight is 437 g/mol. The molecule has 1 heterocycles. The smallest absolute Gasteiger partial charge is 0.208 e. The predicted octanol–water partition coefficient (Wildman–Crippen LogP) is 2.21. The standard InChI is InChI=1S/C17H26Cl2N4O3S/c1-20-17(21-5-6-22-27(2,24)25)23-7-3-13(4-8-23)12-26-16-10-14(18)9-15(19)11-16/h9-11,13,22H,3-8,12H2,1-2H3,(H,20,21). The Hall–Kier alpha value is -1.22. The van der Waals surface area contributed by atoms with Crippen molar-refractivity contribution in [3.05, 3.63) is 28.2 Å². The zero-order valence-corrected chi connectivity index (χ0v) is 17.9. The molecule has 1 aliphatic heterocycles. The fraction of sp³-hybridized carbons (Fsp3) is 0.588. The molecule has 1 saturated heterocycles. The molecule has 0 aromatic heterocycles. The van der Waals surface area contributed by atoms with Gasteiger partial charge in [0.1, 0.15) is 5.75 Å². The number of sulfonamides is 1. The van der Waals surface area contributed by atoms with E-state index in [4.69, 9.17) is 27.9 Å². The number of likely N-dealkylation sites (tertiary alicyclic amines) is 1. The number of halogens is 2. The van der Waals surface area contributed by atoms with Crippen LogP contribution in [0.2, 0.25) is 10.0 Å². The summed E-state index contributed by atoms with van der Waals surface area (Å²) in [7, 11) is -1.44. The Kier molecular flexibility index (Phi) is 8.47. The Morgan fingerprint density at radius 3 is 2.41 bits per heavy atom. The van der Waals surface area contributed by atoms with Crippen molar-refractivity contribution < 1.29 is 13.2 Å². The molecule has 0 aliphatic carbocycles. The number of guanidine groups is 1.